The highest BCUT2D eigenvalue weighted by molar-refractivity contribution is 5.59. The van der Waals surface area contributed by atoms with Gasteiger partial charge in [-0.2, -0.15) is 0 Å². The Morgan fingerprint density at radius 2 is 1.84 bits per heavy atom. The van der Waals surface area contributed by atoms with Crippen LogP contribution < -0.4 is 10.6 Å². The average Bonchev–Trinajstić information content (AvgIpc) is 2.39. The van der Waals surface area contributed by atoms with Crippen LogP contribution >= 0.6 is 0 Å². The number of rotatable bonds is 3. The smallest absolute Gasteiger partial charge is 0.0405 e. The lowest BCUT2D eigenvalue weighted by Gasteiger charge is -2.44. The fourth-order valence-corrected chi connectivity index (χ4v) is 3.67. The third kappa shape index (κ3) is 2.27. The van der Waals surface area contributed by atoms with Gasteiger partial charge in [-0.25, -0.2) is 0 Å². The predicted molar refractivity (Wildman–Crippen MR) is 81.8 cm³/mol. The molecule has 3 rings (SSSR count). The Balaban J connectivity index is 1.98. The van der Waals surface area contributed by atoms with E-state index in [-0.39, 0.29) is 5.41 Å². The van der Waals surface area contributed by atoms with Crippen LogP contribution in [0.2, 0.25) is 0 Å². The van der Waals surface area contributed by atoms with E-state index in [0.717, 1.165) is 6.54 Å². The number of hydrogen-bond acceptors (Lipinski definition) is 2. The first-order chi connectivity index (χ1) is 9.25. The molecule has 0 aromatic heterocycles. The van der Waals surface area contributed by atoms with Gasteiger partial charge < -0.3 is 10.6 Å². The fourth-order valence-electron chi connectivity index (χ4n) is 3.67. The van der Waals surface area contributed by atoms with Gasteiger partial charge in [0.05, 0.1) is 0 Å². The second-order valence-corrected chi connectivity index (χ2v) is 6.41. The lowest BCUT2D eigenvalue weighted by molar-refractivity contribution is 0.253. The minimum Gasteiger partial charge on any atom is -0.371 e. The summed E-state index contributed by atoms with van der Waals surface area (Å²) in [6.07, 6.45) is 7.94. The third-order valence-corrected chi connectivity index (χ3v) is 5.12. The van der Waals surface area contributed by atoms with Gasteiger partial charge in [0.2, 0.25) is 0 Å². The van der Waals surface area contributed by atoms with Gasteiger partial charge in [0.15, 0.2) is 0 Å². The molecule has 2 heteroatoms. The number of benzene rings is 1. The van der Waals surface area contributed by atoms with Crippen molar-refractivity contribution in [1.82, 2.24) is 0 Å². The van der Waals surface area contributed by atoms with Crippen LogP contribution in [0.5, 0.6) is 0 Å². The Bertz CT molecular complexity index is 437. The molecule has 1 aliphatic carbocycles. The molecule has 2 aliphatic rings. The van der Waals surface area contributed by atoms with Crippen molar-refractivity contribution in [3.8, 4) is 0 Å². The van der Waals surface area contributed by atoms with E-state index in [1.807, 2.05) is 0 Å². The highest BCUT2D eigenvalue weighted by Crippen LogP contribution is 2.47. The predicted octanol–water partition coefficient (Wildman–Crippen LogP) is 3.37. The molecular formula is C17H26N2. The zero-order valence-corrected chi connectivity index (χ0v) is 12.1. The van der Waals surface area contributed by atoms with Crippen LogP contribution in [0.25, 0.3) is 0 Å². The van der Waals surface area contributed by atoms with E-state index < -0.39 is 0 Å². The highest BCUT2D eigenvalue weighted by Gasteiger charge is 2.39. The van der Waals surface area contributed by atoms with Crippen LogP contribution in [0.3, 0.4) is 0 Å². The Hall–Kier alpha value is -1.02. The van der Waals surface area contributed by atoms with Crippen LogP contribution in [0.15, 0.2) is 18.2 Å². The SMILES string of the molecule is Cc1ccc(N2CCCCC2)c(C2(CN)CCC2)c1. The van der Waals surface area contributed by atoms with Crippen molar-refractivity contribution in [3.05, 3.63) is 29.3 Å². The normalized spacial score (nSPS) is 22.1. The van der Waals surface area contributed by atoms with Crippen molar-refractivity contribution >= 4 is 5.69 Å². The number of hydrogen-bond donors (Lipinski definition) is 1. The summed E-state index contributed by atoms with van der Waals surface area (Å²) < 4.78 is 0. The van der Waals surface area contributed by atoms with E-state index in [0.29, 0.717) is 0 Å². The first-order valence-corrected chi connectivity index (χ1v) is 7.81. The maximum Gasteiger partial charge on any atom is 0.0405 e. The summed E-state index contributed by atoms with van der Waals surface area (Å²) in [5.41, 5.74) is 10.8. The van der Waals surface area contributed by atoms with Crippen molar-refractivity contribution < 1.29 is 0 Å². The molecule has 0 amide bonds. The van der Waals surface area contributed by atoms with Crippen LogP contribution in [0, 0.1) is 6.92 Å². The molecule has 0 bridgehead atoms. The van der Waals surface area contributed by atoms with Crippen molar-refractivity contribution in [3.63, 3.8) is 0 Å². The summed E-state index contributed by atoms with van der Waals surface area (Å²) in [5.74, 6) is 0. The molecule has 1 aromatic carbocycles. The number of nitrogens with zero attached hydrogens (tertiary/aromatic N) is 1. The van der Waals surface area contributed by atoms with E-state index in [2.05, 4.69) is 30.0 Å². The zero-order chi connectivity index (χ0) is 13.3. The molecule has 0 radical (unpaired) electrons. The van der Waals surface area contributed by atoms with Gasteiger partial charge in [0.1, 0.15) is 0 Å². The Kier molecular flexibility index (Phi) is 3.53. The van der Waals surface area contributed by atoms with Gasteiger partial charge in [0, 0.05) is 30.7 Å². The van der Waals surface area contributed by atoms with Crippen molar-refractivity contribution in [2.45, 2.75) is 50.9 Å². The summed E-state index contributed by atoms with van der Waals surface area (Å²) in [7, 11) is 0. The molecule has 1 saturated carbocycles. The van der Waals surface area contributed by atoms with Gasteiger partial charge in [-0.15, -0.1) is 0 Å². The lowest BCUT2D eigenvalue weighted by atomic mass is 9.63. The Labute approximate surface area is 117 Å². The molecule has 0 atom stereocenters. The van der Waals surface area contributed by atoms with E-state index in [4.69, 9.17) is 5.73 Å². The van der Waals surface area contributed by atoms with Crippen molar-refractivity contribution in [2.24, 2.45) is 5.73 Å². The molecule has 2 fully saturated rings. The van der Waals surface area contributed by atoms with Gasteiger partial charge in [-0.3, -0.25) is 0 Å². The number of anilines is 1. The molecular weight excluding hydrogens is 232 g/mol. The standard InChI is InChI=1S/C17H26N2/c1-14-6-7-16(19-10-3-2-4-11-19)15(12-14)17(13-18)8-5-9-17/h6-7,12H,2-5,8-11,13,18H2,1H3. The topological polar surface area (TPSA) is 29.3 Å². The second-order valence-electron chi connectivity index (χ2n) is 6.41. The highest BCUT2D eigenvalue weighted by atomic mass is 15.1. The molecule has 1 saturated heterocycles. The van der Waals surface area contributed by atoms with E-state index in [1.165, 1.54) is 68.4 Å². The summed E-state index contributed by atoms with van der Waals surface area (Å²) in [6.45, 7) is 5.44. The monoisotopic (exact) mass is 258 g/mol. The first kappa shape index (κ1) is 13.0. The van der Waals surface area contributed by atoms with E-state index >= 15 is 0 Å². The largest absolute Gasteiger partial charge is 0.371 e. The first-order valence-electron chi connectivity index (χ1n) is 7.81. The van der Waals surface area contributed by atoms with Crippen LogP contribution in [-0.4, -0.2) is 19.6 Å². The maximum atomic E-state index is 6.13. The maximum absolute atomic E-state index is 6.13. The molecule has 0 unspecified atom stereocenters. The quantitative estimate of drug-likeness (QED) is 0.900. The summed E-state index contributed by atoms with van der Waals surface area (Å²) in [6, 6.07) is 7.00. The molecule has 2 nitrogen and oxygen atoms in total. The van der Waals surface area contributed by atoms with E-state index in [1.54, 1.807) is 0 Å². The zero-order valence-electron chi connectivity index (χ0n) is 12.1. The minimum atomic E-state index is 0.277. The third-order valence-electron chi connectivity index (χ3n) is 5.12. The molecule has 19 heavy (non-hydrogen) atoms. The fraction of sp³-hybridized carbons (Fsp3) is 0.647. The summed E-state index contributed by atoms with van der Waals surface area (Å²) >= 11 is 0. The molecule has 0 spiro atoms. The lowest BCUT2D eigenvalue weighted by Crippen LogP contribution is -2.43. The number of aryl methyl sites for hydroxylation is 1. The van der Waals surface area contributed by atoms with Crippen molar-refractivity contribution in [2.75, 3.05) is 24.5 Å². The number of nitrogens with two attached hydrogens (primary N) is 1. The van der Waals surface area contributed by atoms with Crippen LogP contribution in [-0.2, 0) is 5.41 Å². The number of piperidine rings is 1. The van der Waals surface area contributed by atoms with E-state index in [9.17, 15) is 0 Å². The minimum absolute atomic E-state index is 0.277. The summed E-state index contributed by atoms with van der Waals surface area (Å²) in [5, 5.41) is 0. The summed E-state index contributed by atoms with van der Waals surface area (Å²) in [4.78, 5) is 2.59. The van der Waals surface area contributed by atoms with Gasteiger partial charge in [-0.1, -0.05) is 24.1 Å². The second kappa shape index (κ2) is 5.16. The molecule has 1 aromatic rings. The molecule has 1 aliphatic heterocycles. The van der Waals surface area contributed by atoms with Crippen molar-refractivity contribution in [1.29, 1.82) is 0 Å². The van der Waals surface area contributed by atoms with Crippen LogP contribution in [0.1, 0.15) is 49.7 Å². The molecule has 2 N–H and O–H groups in total. The molecule has 1 heterocycles. The average molecular weight is 258 g/mol. The van der Waals surface area contributed by atoms with Gasteiger partial charge in [-0.05, 0) is 50.7 Å². The molecule has 104 valence electrons. The van der Waals surface area contributed by atoms with Gasteiger partial charge in [0.25, 0.3) is 0 Å². The van der Waals surface area contributed by atoms with Crippen LogP contribution in [0.4, 0.5) is 5.69 Å². The Morgan fingerprint density at radius 1 is 1.11 bits per heavy atom. The van der Waals surface area contributed by atoms with Gasteiger partial charge >= 0.3 is 0 Å². The Morgan fingerprint density at radius 3 is 2.42 bits per heavy atom.